The number of carbonyl (C=O) groups is 1. The van der Waals surface area contributed by atoms with Gasteiger partial charge in [-0.1, -0.05) is 25.1 Å². The standard InChI is InChI=1S/C22H28N6O5/c1-5-10-27-18(23)17(19(29)24-22(27)32)26(11-12-33-4)21(31)16-14-8-6-7-9-15(14)20(30)28(25-16)13(2)3/h6-9,13H,5,10-12,23H2,1-4H3,(H,24,29,32). The molecule has 33 heavy (non-hydrogen) atoms. The Balaban J connectivity index is 2.30. The lowest BCUT2D eigenvalue weighted by Crippen LogP contribution is -2.43. The number of ether oxygens (including phenoxy) is 1. The molecule has 0 bridgehead atoms. The molecule has 0 aliphatic rings. The molecule has 11 nitrogen and oxygen atoms in total. The van der Waals surface area contributed by atoms with E-state index in [-0.39, 0.29) is 48.5 Å². The van der Waals surface area contributed by atoms with Gasteiger partial charge in [-0.2, -0.15) is 5.10 Å². The molecule has 3 aromatic rings. The van der Waals surface area contributed by atoms with Crippen LogP contribution < -0.4 is 27.4 Å². The molecular formula is C22H28N6O5. The number of hydrogen-bond acceptors (Lipinski definition) is 7. The fourth-order valence-electron chi connectivity index (χ4n) is 3.62. The Labute approximate surface area is 189 Å². The first-order valence-electron chi connectivity index (χ1n) is 10.7. The van der Waals surface area contributed by atoms with Crippen molar-refractivity contribution in [3.05, 3.63) is 61.2 Å². The summed E-state index contributed by atoms with van der Waals surface area (Å²) >= 11 is 0. The number of amides is 1. The average Bonchev–Trinajstić information content (AvgIpc) is 2.78. The largest absolute Gasteiger partial charge is 0.383 e. The van der Waals surface area contributed by atoms with Crippen LogP contribution in [0.15, 0.2) is 38.6 Å². The quantitative estimate of drug-likeness (QED) is 0.516. The number of anilines is 2. The number of methoxy groups -OCH3 is 1. The van der Waals surface area contributed by atoms with E-state index in [1.807, 2.05) is 6.92 Å². The third-order valence-electron chi connectivity index (χ3n) is 5.22. The van der Waals surface area contributed by atoms with Crippen LogP contribution in [0.4, 0.5) is 11.5 Å². The maximum Gasteiger partial charge on any atom is 0.330 e. The Morgan fingerprint density at radius 2 is 1.88 bits per heavy atom. The van der Waals surface area contributed by atoms with Gasteiger partial charge < -0.3 is 10.5 Å². The van der Waals surface area contributed by atoms with E-state index in [1.165, 1.54) is 16.4 Å². The molecule has 1 aromatic carbocycles. The van der Waals surface area contributed by atoms with E-state index in [4.69, 9.17) is 10.5 Å². The normalized spacial score (nSPS) is 11.3. The number of nitrogen functional groups attached to an aromatic ring is 1. The molecule has 0 saturated carbocycles. The maximum atomic E-state index is 13.8. The van der Waals surface area contributed by atoms with Crippen LogP contribution in [0, 0.1) is 0 Å². The van der Waals surface area contributed by atoms with Gasteiger partial charge in [-0.3, -0.25) is 28.8 Å². The van der Waals surface area contributed by atoms with Crippen LogP contribution in [0.1, 0.15) is 43.7 Å². The predicted octanol–water partition coefficient (Wildman–Crippen LogP) is 1.11. The molecule has 0 saturated heterocycles. The lowest BCUT2D eigenvalue weighted by molar-refractivity contribution is 0.0970. The molecule has 2 heterocycles. The highest BCUT2D eigenvalue weighted by Crippen LogP contribution is 2.22. The number of carbonyl (C=O) groups excluding carboxylic acids is 1. The van der Waals surface area contributed by atoms with Gasteiger partial charge in [0, 0.05) is 25.6 Å². The Morgan fingerprint density at radius 1 is 1.21 bits per heavy atom. The van der Waals surface area contributed by atoms with E-state index >= 15 is 0 Å². The summed E-state index contributed by atoms with van der Waals surface area (Å²) in [6.45, 7) is 5.76. The second-order valence-electron chi connectivity index (χ2n) is 7.83. The van der Waals surface area contributed by atoms with Crippen LogP contribution in [0.3, 0.4) is 0 Å². The zero-order chi connectivity index (χ0) is 24.3. The maximum absolute atomic E-state index is 13.8. The molecular weight excluding hydrogens is 428 g/mol. The Kier molecular flexibility index (Phi) is 7.12. The summed E-state index contributed by atoms with van der Waals surface area (Å²) in [6.07, 6.45) is 0.590. The first-order chi connectivity index (χ1) is 15.7. The lowest BCUT2D eigenvalue weighted by atomic mass is 10.1. The highest BCUT2D eigenvalue weighted by molar-refractivity contribution is 6.13. The first kappa shape index (κ1) is 23.9. The van der Waals surface area contributed by atoms with E-state index in [0.717, 1.165) is 4.90 Å². The molecule has 0 aliphatic heterocycles. The molecule has 1 amide bonds. The number of H-pyrrole nitrogens is 1. The van der Waals surface area contributed by atoms with Gasteiger partial charge in [0.1, 0.15) is 5.82 Å². The summed E-state index contributed by atoms with van der Waals surface area (Å²) in [5, 5.41) is 5.02. The summed E-state index contributed by atoms with van der Waals surface area (Å²) in [5.74, 6) is -0.770. The summed E-state index contributed by atoms with van der Waals surface area (Å²) in [6, 6.07) is 6.34. The van der Waals surface area contributed by atoms with Crippen LogP contribution in [-0.4, -0.2) is 45.5 Å². The van der Waals surface area contributed by atoms with E-state index in [9.17, 15) is 19.2 Å². The van der Waals surface area contributed by atoms with Crippen LogP contribution in [0.2, 0.25) is 0 Å². The van der Waals surface area contributed by atoms with Gasteiger partial charge in [0.05, 0.1) is 18.0 Å². The number of nitrogens with two attached hydrogens (primary N) is 1. The number of aromatic amines is 1. The molecule has 3 rings (SSSR count). The zero-order valence-electron chi connectivity index (χ0n) is 19.1. The minimum absolute atomic E-state index is 0.0120. The Hall–Kier alpha value is -3.73. The number of nitrogens with one attached hydrogen (secondary N) is 1. The van der Waals surface area contributed by atoms with Crippen LogP contribution >= 0.6 is 0 Å². The van der Waals surface area contributed by atoms with E-state index < -0.39 is 17.2 Å². The number of fused-ring (bicyclic) bond motifs is 1. The minimum atomic E-state index is -0.796. The van der Waals surface area contributed by atoms with Gasteiger partial charge in [0.25, 0.3) is 17.0 Å². The number of benzene rings is 1. The van der Waals surface area contributed by atoms with Gasteiger partial charge in [-0.15, -0.1) is 0 Å². The van der Waals surface area contributed by atoms with E-state index in [1.54, 1.807) is 38.1 Å². The Bertz CT molecular complexity index is 1350. The minimum Gasteiger partial charge on any atom is -0.383 e. The molecule has 0 atom stereocenters. The number of nitrogens with zero attached hydrogens (tertiary/aromatic N) is 4. The van der Waals surface area contributed by atoms with Crippen molar-refractivity contribution >= 4 is 28.2 Å². The number of hydrogen-bond donors (Lipinski definition) is 2. The first-order valence-corrected chi connectivity index (χ1v) is 10.7. The summed E-state index contributed by atoms with van der Waals surface area (Å²) < 4.78 is 7.58. The van der Waals surface area contributed by atoms with Gasteiger partial charge in [-0.25, -0.2) is 9.48 Å². The van der Waals surface area contributed by atoms with E-state index in [2.05, 4.69) is 10.1 Å². The summed E-state index contributed by atoms with van der Waals surface area (Å²) in [4.78, 5) is 55.1. The summed E-state index contributed by atoms with van der Waals surface area (Å²) in [7, 11) is 1.46. The molecule has 0 fully saturated rings. The third-order valence-corrected chi connectivity index (χ3v) is 5.22. The fraction of sp³-hybridized carbons (Fsp3) is 0.409. The third kappa shape index (κ3) is 4.44. The van der Waals surface area contributed by atoms with Crippen LogP contribution in [-0.2, 0) is 11.3 Å². The highest BCUT2D eigenvalue weighted by atomic mass is 16.5. The van der Waals surface area contributed by atoms with E-state index in [0.29, 0.717) is 17.2 Å². The molecule has 11 heteroatoms. The molecule has 0 spiro atoms. The lowest BCUT2D eigenvalue weighted by Gasteiger charge is -2.25. The van der Waals surface area contributed by atoms with Crippen molar-refractivity contribution in [2.24, 2.45) is 0 Å². The monoisotopic (exact) mass is 456 g/mol. The van der Waals surface area contributed by atoms with Crippen molar-refractivity contribution in [3.63, 3.8) is 0 Å². The summed E-state index contributed by atoms with van der Waals surface area (Å²) in [5.41, 5.74) is 4.25. The molecule has 0 aliphatic carbocycles. The topological polar surface area (TPSA) is 145 Å². The van der Waals surface area contributed by atoms with Gasteiger partial charge in [-0.05, 0) is 26.3 Å². The molecule has 176 valence electrons. The van der Waals surface area contributed by atoms with Crippen LogP contribution in [0.5, 0.6) is 0 Å². The molecule has 2 aromatic heterocycles. The van der Waals surface area contributed by atoms with Crippen molar-refractivity contribution in [2.45, 2.75) is 39.8 Å². The number of rotatable bonds is 8. The van der Waals surface area contributed by atoms with Crippen molar-refractivity contribution < 1.29 is 9.53 Å². The van der Waals surface area contributed by atoms with Gasteiger partial charge >= 0.3 is 5.69 Å². The van der Waals surface area contributed by atoms with Crippen LogP contribution in [0.25, 0.3) is 10.8 Å². The van der Waals surface area contributed by atoms with Crippen molar-refractivity contribution in [1.29, 1.82) is 0 Å². The second kappa shape index (κ2) is 9.82. The number of aromatic nitrogens is 4. The predicted molar refractivity (Wildman–Crippen MR) is 126 cm³/mol. The fourth-order valence-corrected chi connectivity index (χ4v) is 3.62. The molecule has 0 unspecified atom stereocenters. The molecule has 0 radical (unpaired) electrons. The smallest absolute Gasteiger partial charge is 0.330 e. The molecule has 3 N–H and O–H groups in total. The van der Waals surface area contributed by atoms with Crippen molar-refractivity contribution in [2.75, 3.05) is 30.9 Å². The Morgan fingerprint density at radius 3 is 2.48 bits per heavy atom. The van der Waals surface area contributed by atoms with Gasteiger partial charge in [0.2, 0.25) is 0 Å². The highest BCUT2D eigenvalue weighted by Gasteiger charge is 2.28. The zero-order valence-corrected chi connectivity index (χ0v) is 19.1. The SMILES string of the molecule is CCCn1c(N)c(N(CCOC)C(=O)c2nn(C(C)C)c(=O)c3ccccc23)c(=O)[nH]c1=O. The van der Waals surface area contributed by atoms with Crippen molar-refractivity contribution in [3.8, 4) is 0 Å². The van der Waals surface area contributed by atoms with Gasteiger partial charge in [0.15, 0.2) is 11.4 Å². The van der Waals surface area contributed by atoms with Crippen molar-refractivity contribution in [1.82, 2.24) is 19.3 Å². The average molecular weight is 457 g/mol. The second-order valence-corrected chi connectivity index (χ2v) is 7.83.